The maximum atomic E-state index is 12.4. The van der Waals surface area contributed by atoms with Crippen molar-refractivity contribution in [1.29, 1.82) is 0 Å². The molecular weight excluding hydrogens is 296 g/mol. The number of amides is 2. The third kappa shape index (κ3) is 3.42. The third-order valence-electron chi connectivity index (χ3n) is 5.19. The second-order valence-corrected chi connectivity index (χ2v) is 6.61. The smallest absolute Gasteiger partial charge is 0.257 e. The Morgan fingerprint density at radius 1 is 1.35 bits per heavy atom. The predicted molar refractivity (Wildman–Crippen MR) is 84.0 cm³/mol. The molecule has 2 aliphatic rings. The zero-order valence-electron chi connectivity index (χ0n) is 13.6. The van der Waals surface area contributed by atoms with Crippen LogP contribution in [0.25, 0.3) is 0 Å². The molecule has 0 aliphatic carbocycles. The average Bonchev–Trinajstić information content (AvgIpc) is 3.11. The lowest BCUT2D eigenvalue weighted by molar-refractivity contribution is -0.139. The van der Waals surface area contributed by atoms with Crippen LogP contribution in [0.15, 0.2) is 23.0 Å². The van der Waals surface area contributed by atoms with Crippen LogP contribution >= 0.6 is 0 Å². The van der Waals surface area contributed by atoms with E-state index in [0.717, 1.165) is 38.9 Å². The maximum Gasteiger partial charge on any atom is 0.257 e. The number of ether oxygens (including phenoxy) is 1. The van der Waals surface area contributed by atoms with Crippen molar-refractivity contribution in [1.82, 2.24) is 9.80 Å². The van der Waals surface area contributed by atoms with Crippen LogP contribution in [0, 0.1) is 5.41 Å². The summed E-state index contributed by atoms with van der Waals surface area (Å²) < 4.78 is 10.1. The quantitative estimate of drug-likeness (QED) is 0.848. The number of carbonyl (C=O) groups excluding carboxylic acids is 2. The number of rotatable bonds is 4. The lowest BCUT2D eigenvalue weighted by Crippen LogP contribution is -2.52. The summed E-state index contributed by atoms with van der Waals surface area (Å²) in [5.74, 6) is 0.265. The number of carbonyl (C=O) groups is 2. The van der Waals surface area contributed by atoms with Gasteiger partial charge in [0.25, 0.3) is 5.91 Å². The first-order chi connectivity index (χ1) is 11.1. The number of piperidine rings is 2. The van der Waals surface area contributed by atoms with Crippen molar-refractivity contribution in [3.05, 3.63) is 24.2 Å². The van der Waals surface area contributed by atoms with Crippen LogP contribution in [-0.2, 0) is 9.53 Å². The van der Waals surface area contributed by atoms with Crippen LogP contribution in [0.2, 0.25) is 0 Å². The number of furan rings is 1. The van der Waals surface area contributed by atoms with Crippen LogP contribution in [0.1, 0.15) is 36.0 Å². The molecule has 2 fully saturated rings. The lowest BCUT2D eigenvalue weighted by atomic mass is 9.72. The molecule has 0 unspecified atom stereocenters. The standard InChI is InChI=1S/C17H24N2O4/c1-22-11-9-19-13-17(4-2-15(19)20)5-7-18(8-6-17)16(21)14-3-10-23-12-14/h3,10,12H,2,4-9,11,13H2,1H3. The largest absolute Gasteiger partial charge is 0.472 e. The summed E-state index contributed by atoms with van der Waals surface area (Å²) in [7, 11) is 1.66. The van der Waals surface area contributed by atoms with Gasteiger partial charge in [-0.15, -0.1) is 0 Å². The molecule has 126 valence electrons. The molecule has 0 atom stereocenters. The molecule has 0 radical (unpaired) electrons. The van der Waals surface area contributed by atoms with E-state index in [0.29, 0.717) is 25.1 Å². The Bertz CT molecular complexity index is 547. The van der Waals surface area contributed by atoms with Gasteiger partial charge in [-0.3, -0.25) is 9.59 Å². The monoisotopic (exact) mass is 320 g/mol. The fourth-order valence-electron chi connectivity index (χ4n) is 3.67. The van der Waals surface area contributed by atoms with Crippen molar-refractivity contribution in [2.45, 2.75) is 25.7 Å². The average molecular weight is 320 g/mol. The Labute approximate surface area is 136 Å². The van der Waals surface area contributed by atoms with Crippen molar-refractivity contribution < 1.29 is 18.7 Å². The van der Waals surface area contributed by atoms with Crippen LogP contribution < -0.4 is 0 Å². The fraction of sp³-hybridized carbons (Fsp3) is 0.647. The van der Waals surface area contributed by atoms with Gasteiger partial charge in [0.2, 0.25) is 5.91 Å². The Kier molecular flexibility index (Phi) is 4.71. The molecule has 0 bridgehead atoms. The molecule has 1 aromatic heterocycles. The normalized spacial score (nSPS) is 21.0. The minimum absolute atomic E-state index is 0.0386. The van der Waals surface area contributed by atoms with Gasteiger partial charge in [0.1, 0.15) is 6.26 Å². The predicted octanol–water partition coefficient (Wildman–Crippen LogP) is 1.77. The van der Waals surface area contributed by atoms with E-state index in [-0.39, 0.29) is 17.2 Å². The maximum absolute atomic E-state index is 12.4. The van der Waals surface area contributed by atoms with Gasteiger partial charge in [-0.2, -0.15) is 0 Å². The highest BCUT2D eigenvalue weighted by Crippen LogP contribution is 2.40. The molecule has 6 nitrogen and oxygen atoms in total. The summed E-state index contributed by atoms with van der Waals surface area (Å²) in [6.45, 7) is 3.53. The first-order valence-corrected chi connectivity index (χ1v) is 8.22. The fourth-order valence-corrected chi connectivity index (χ4v) is 3.67. The lowest BCUT2D eigenvalue weighted by Gasteiger charge is -2.47. The van der Waals surface area contributed by atoms with E-state index in [9.17, 15) is 9.59 Å². The Balaban J connectivity index is 1.59. The van der Waals surface area contributed by atoms with Crippen molar-refractivity contribution in [3.63, 3.8) is 0 Å². The van der Waals surface area contributed by atoms with Crippen molar-refractivity contribution in [2.75, 3.05) is 39.9 Å². The van der Waals surface area contributed by atoms with E-state index < -0.39 is 0 Å². The third-order valence-corrected chi connectivity index (χ3v) is 5.19. The zero-order chi connectivity index (χ0) is 16.3. The van der Waals surface area contributed by atoms with Crippen LogP contribution in [0.5, 0.6) is 0 Å². The van der Waals surface area contributed by atoms with Crippen LogP contribution in [0.4, 0.5) is 0 Å². The van der Waals surface area contributed by atoms with Gasteiger partial charge in [0.15, 0.2) is 0 Å². The van der Waals surface area contributed by atoms with Crippen molar-refractivity contribution in [2.24, 2.45) is 5.41 Å². The molecule has 1 spiro atoms. The van der Waals surface area contributed by atoms with Crippen LogP contribution in [0.3, 0.4) is 0 Å². The molecule has 1 aromatic rings. The second kappa shape index (κ2) is 6.74. The van der Waals surface area contributed by atoms with Gasteiger partial charge < -0.3 is 19.0 Å². The van der Waals surface area contributed by atoms with E-state index in [4.69, 9.17) is 9.15 Å². The molecule has 6 heteroatoms. The number of hydrogen-bond donors (Lipinski definition) is 0. The van der Waals surface area contributed by atoms with Gasteiger partial charge in [-0.05, 0) is 30.7 Å². The number of methoxy groups -OCH3 is 1. The minimum atomic E-state index is 0.0386. The van der Waals surface area contributed by atoms with E-state index in [1.165, 1.54) is 12.5 Å². The minimum Gasteiger partial charge on any atom is -0.472 e. The van der Waals surface area contributed by atoms with Gasteiger partial charge in [-0.25, -0.2) is 0 Å². The van der Waals surface area contributed by atoms with Crippen molar-refractivity contribution >= 4 is 11.8 Å². The van der Waals surface area contributed by atoms with Gasteiger partial charge >= 0.3 is 0 Å². The Morgan fingerprint density at radius 3 is 2.78 bits per heavy atom. The van der Waals surface area contributed by atoms with Gasteiger partial charge in [0, 0.05) is 39.7 Å². The van der Waals surface area contributed by atoms with Gasteiger partial charge in [0.05, 0.1) is 18.4 Å². The van der Waals surface area contributed by atoms with E-state index >= 15 is 0 Å². The van der Waals surface area contributed by atoms with E-state index in [1.54, 1.807) is 13.2 Å². The molecule has 3 heterocycles. The molecular formula is C17H24N2O4. The Hall–Kier alpha value is -1.82. The first kappa shape index (κ1) is 16.1. The van der Waals surface area contributed by atoms with Crippen LogP contribution in [-0.4, -0.2) is 61.5 Å². The summed E-state index contributed by atoms with van der Waals surface area (Å²) in [6.07, 6.45) is 6.47. The molecule has 2 aliphatic heterocycles. The molecule has 2 saturated heterocycles. The highest BCUT2D eigenvalue weighted by molar-refractivity contribution is 5.93. The topological polar surface area (TPSA) is 63.0 Å². The van der Waals surface area contributed by atoms with E-state index in [1.807, 2.05) is 9.80 Å². The zero-order valence-corrected chi connectivity index (χ0v) is 13.6. The SMILES string of the molecule is COCCN1CC2(CCC1=O)CCN(C(=O)c1ccoc1)CC2. The summed E-state index contributed by atoms with van der Waals surface area (Å²) in [6, 6.07) is 1.71. The molecule has 0 aromatic carbocycles. The summed E-state index contributed by atoms with van der Waals surface area (Å²) in [4.78, 5) is 28.3. The van der Waals surface area contributed by atoms with Gasteiger partial charge in [-0.1, -0.05) is 0 Å². The number of nitrogens with zero attached hydrogens (tertiary/aromatic N) is 2. The molecule has 0 N–H and O–H groups in total. The molecule has 3 rings (SSSR count). The first-order valence-electron chi connectivity index (χ1n) is 8.22. The number of hydrogen-bond acceptors (Lipinski definition) is 4. The summed E-state index contributed by atoms with van der Waals surface area (Å²) in [5.41, 5.74) is 0.774. The highest BCUT2D eigenvalue weighted by Gasteiger charge is 2.41. The molecule has 2 amide bonds. The highest BCUT2D eigenvalue weighted by atomic mass is 16.5. The van der Waals surface area contributed by atoms with E-state index in [2.05, 4.69) is 0 Å². The van der Waals surface area contributed by atoms with Crippen molar-refractivity contribution in [3.8, 4) is 0 Å². The second-order valence-electron chi connectivity index (χ2n) is 6.61. The molecule has 23 heavy (non-hydrogen) atoms. The molecule has 0 saturated carbocycles. The number of likely N-dealkylation sites (tertiary alicyclic amines) is 2. The Morgan fingerprint density at radius 2 is 2.13 bits per heavy atom. The summed E-state index contributed by atoms with van der Waals surface area (Å²) in [5, 5.41) is 0. The summed E-state index contributed by atoms with van der Waals surface area (Å²) >= 11 is 0.